The molecule has 0 radical (unpaired) electrons. The number of imide groups is 1. The SMILES string of the molecule is CC(C)(C)[Si](C)(C)OCC(CCc1cccc(-c2c(CC(=O)O)cnc3ccccc23)c1)O[Si](C)(C)C(C)(C)C.CCCCCC(=O)Cc1cnc2ccccc2c1-c1cccc(CCC(O)CO)c1.CCCCCCN.O=C1CCC(=O)N1O. The first-order valence-electron chi connectivity index (χ1n) is 30.7. The number of pyridine rings is 2. The first kappa shape index (κ1) is 71.7. The second-order valence-corrected chi connectivity index (χ2v) is 35.0. The molecule has 464 valence electrons. The average molecular weight is 1200 g/mol. The average Bonchev–Trinajstić information content (AvgIpc) is 3.96. The smallest absolute Gasteiger partial charge is 0.307 e. The number of carbonyl (C=O) groups is 4. The Balaban J connectivity index is 0.000000298. The molecule has 0 spiro atoms. The van der Waals surface area contributed by atoms with Crippen molar-refractivity contribution in [2.24, 2.45) is 5.73 Å². The highest BCUT2D eigenvalue weighted by molar-refractivity contribution is 6.74. The Morgan fingerprint density at radius 2 is 1.14 bits per heavy atom. The molecule has 0 bridgehead atoms. The number of fused-ring (bicyclic) bond motifs is 2. The van der Waals surface area contributed by atoms with E-state index in [2.05, 4.69) is 134 Å². The molecule has 85 heavy (non-hydrogen) atoms. The van der Waals surface area contributed by atoms with Crippen LogP contribution in [0.3, 0.4) is 0 Å². The van der Waals surface area contributed by atoms with Crippen molar-refractivity contribution in [3.05, 3.63) is 132 Å². The molecule has 1 fully saturated rings. The Bertz CT molecular complexity index is 3060. The maximum Gasteiger partial charge on any atom is 0.307 e. The molecule has 2 unspecified atom stereocenters. The number of rotatable bonds is 26. The lowest BCUT2D eigenvalue weighted by molar-refractivity contribution is -0.171. The summed E-state index contributed by atoms with van der Waals surface area (Å²) in [4.78, 5) is 53.9. The van der Waals surface area contributed by atoms with Crippen molar-refractivity contribution in [1.82, 2.24) is 15.0 Å². The fourth-order valence-corrected chi connectivity index (χ4v) is 11.7. The van der Waals surface area contributed by atoms with E-state index in [1.807, 2.05) is 60.8 Å². The molecule has 1 saturated heterocycles. The van der Waals surface area contributed by atoms with Gasteiger partial charge in [-0.25, -0.2) is 0 Å². The van der Waals surface area contributed by atoms with Crippen molar-refractivity contribution in [3.63, 3.8) is 0 Å². The van der Waals surface area contributed by atoms with Crippen LogP contribution in [-0.4, -0.2) is 108 Å². The van der Waals surface area contributed by atoms with Crippen LogP contribution in [0.15, 0.2) is 109 Å². The zero-order valence-electron chi connectivity index (χ0n) is 53.1. The van der Waals surface area contributed by atoms with Crippen molar-refractivity contribution in [1.29, 1.82) is 0 Å². The lowest BCUT2D eigenvalue weighted by atomic mass is 9.91. The van der Waals surface area contributed by atoms with Crippen molar-refractivity contribution in [3.8, 4) is 22.3 Å². The van der Waals surface area contributed by atoms with Crippen molar-refractivity contribution >= 4 is 62.0 Å². The number of para-hydroxylation sites is 2. The minimum absolute atomic E-state index is 0.0167. The molecule has 6 aromatic rings. The number of Topliss-reactive ketones (excluding diaryl/α,β-unsaturated/α-hetero) is 1. The highest BCUT2D eigenvalue weighted by Crippen LogP contribution is 2.40. The number of hydroxylamine groups is 2. The number of carboxylic acid groups (broad SMARTS) is 1. The summed E-state index contributed by atoms with van der Waals surface area (Å²) in [6.07, 6.45) is 15.3. The predicted molar refractivity (Wildman–Crippen MR) is 350 cm³/mol. The van der Waals surface area contributed by atoms with E-state index in [-0.39, 0.29) is 52.9 Å². The summed E-state index contributed by atoms with van der Waals surface area (Å²) in [6, 6.07) is 32.7. The van der Waals surface area contributed by atoms with Gasteiger partial charge in [-0.1, -0.05) is 172 Å². The van der Waals surface area contributed by atoms with Crippen molar-refractivity contribution in [2.45, 2.75) is 207 Å². The summed E-state index contributed by atoms with van der Waals surface area (Å²) in [5, 5.41) is 39.2. The van der Waals surface area contributed by atoms with Crippen molar-refractivity contribution in [2.75, 3.05) is 19.8 Å². The Hall–Kier alpha value is -5.83. The summed E-state index contributed by atoms with van der Waals surface area (Å²) in [7, 11) is -3.91. The van der Waals surface area contributed by atoms with Gasteiger partial charge in [-0.3, -0.25) is 34.4 Å². The Labute approximate surface area is 509 Å². The molecular weight excluding hydrogens is 1100 g/mol. The number of aryl methyl sites for hydroxylation is 2. The highest BCUT2D eigenvalue weighted by Gasteiger charge is 2.41. The molecule has 2 atom stereocenters. The third kappa shape index (κ3) is 22.8. The topological polar surface area (TPSA) is 223 Å². The normalized spacial score (nSPS) is 13.6. The van der Waals surface area contributed by atoms with Gasteiger partial charge >= 0.3 is 5.97 Å². The van der Waals surface area contributed by atoms with Crippen LogP contribution in [0.25, 0.3) is 44.1 Å². The summed E-state index contributed by atoms with van der Waals surface area (Å²) in [6.45, 7) is 28.5. The highest BCUT2D eigenvalue weighted by atomic mass is 28.4. The predicted octanol–water partition coefficient (Wildman–Crippen LogP) is 14.8. The summed E-state index contributed by atoms with van der Waals surface area (Å²) in [5.41, 5.74) is 15.1. The van der Waals surface area contributed by atoms with Gasteiger partial charge in [0.1, 0.15) is 5.78 Å². The number of benzene rings is 4. The molecular formula is C69H100N4O10Si2. The number of hydrogen-bond acceptors (Lipinski definition) is 12. The van der Waals surface area contributed by atoms with Crippen LogP contribution in [0.5, 0.6) is 0 Å². The number of aliphatic carboxylic acids is 1. The third-order valence-corrected chi connectivity index (χ3v) is 25.5. The number of aromatic nitrogens is 2. The fourth-order valence-electron chi connectivity index (χ4n) is 9.29. The maximum absolute atomic E-state index is 12.6. The summed E-state index contributed by atoms with van der Waals surface area (Å²) >= 11 is 0. The van der Waals surface area contributed by atoms with Gasteiger partial charge in [-0.2, -0.15) is 5.06 Å². The van der Waals surface area contributed by atoms with Crippen LogP contribution >= 0.6 is 0 Å². The van der Waals surface area contributed by atoms with Crippen molar-refractivity contribution < 1.29 is 48.6 Å². The van der Waals surface area contributed by atoms with E-state index in [4.69, 9.17) is 24.9 Å². The van der Waals surface area contributed by atoms with Crippen LogP contribution in [0.1, 0.15) is 155 Å². The number of unbranched alkanes of at least 4 members (excludes halogenated alkanes) is 5. The lowest BCUT2D eigenvalue weighted by Crippen LogP contribution is -2.48. The minimum Gasteiger partial charge on any atom is -0.481 e. The van der Waals surface area contributed by atoms with Gasteiger partial charge in [0.15, 0.2) is 16.6 Å². The first-order valence-corrected chi connectivity index (χ1v) is 36.5. The van der Waals surface area contributed by atoms with Gasteiger partial charge in [0.2, 0.25) is 0 Å². The van der Waals surface area contributed by atoms with E-state index in [1.165, 1.54) is 31.2 Å². The molecule has 6 N–H and O–H groups in total. The number of hydrogen-bond donors (Lipinski definition) is 5. The number of carboxylic acids is 1. The Kier molecular flexibility index (Phi) is 29.1. The van der Waals surface area contributed by atoms with Gasteiger partial charge < -0.3 is 29.9 Å². The van der Waals surface area contributed by atoms with E-state index in [1.54, 1.807) is 6.20 Å². The van der Waals surface area contributed by atoms with E-state index in [0.29, 0.717) is 32.3 Å². The number of ketones is 1. The Morgan fingerprint density at radius 3 is 1.59 bits per heavy atom. The molecule has 14 nitrogen and oxygen atoms in total. The second-order valence-electron chi connectivity index (χ2n) is 25.4. The maximum atomic E-state index is 12.6. The number of aliphatic hydroxyl groups excluding tert-OH is 2. The van der Waals surface area contributed by atoms with Crippen LogP contribution in [0, 0.1) is 0 Å². The van der Waals surface area contributed by atoms with Crippen LogP contribution in [0.4, 0.5) is 0 Å². The van der Waals surface area contributed by atoms with Crippen LogP contribution < -0.4 is 5.73 Å². The zero-order chi connectivity index (χ0) is 63.0. The van der Waals surface area contributed by atoms with E-state index < -0.39 is 40.5 Å². The number of carbonyl (C=O) groups excluding carboxylic acids is 3. The molecule has 0 aliphatic carbocycles. The summed E-state index contributed by atoms with van der Waals surface area (Å²) < 4.78 is 13.6. The van der Waals surface area contributed by atoms with E-state index in [0.717, 1.165) is 99.4 Å². The quantitative estimate of drug-likeness (QED) is 0.0148. The van der Waals surface area contributed by atoms with Gasteiger partial charge in [-0.05, 0) is 138 Å². The monoisotopic (exact) mass is 1200 g/mol. The number of amides is 2. The fraction of sp³-hybridized carbons (Fsp3) is 0.507. The lowest BCUT2D eigenvalue weighted by Gasteiger charge is -2.41. The van der Waals surface area contributed by atoms with Gasteiger partial charge in [0, 0.05) is 48.8 Å². The van der Waals surface area contributed by atoms with Gasteiger partial charge in [-0.15, -0.1) is 0 Å². The molecule has 2 amide bonds. The molecule has 16 heteroatoms. The first-order chi connectivity index (χ1) is 40.2. The number of nitrogens with zero attached hydrogens (tertiary/aromatic N) is 3. The zero-order valence-corrected chi connectivity index (χ0v) is 55.1. The van der Waals surface area contributed by atoms with Crippen LogP contribution in [0.2, 0.25) is 36.3 Å². The largest absolute Gasteiger partial charge is 0.481 e. The molecule has 1 aliphatic heterocycles. The molecule has 7 rings (SSSR count). The van der Waals surface area contributed by atoms with Gasteiger partial charge in [0.05, 0.1) is 42.9 Å². The molecule has 3 heterocycles. The number of nitrogens with two attached hydrogens (primary N) is 1. The minimum atomic E-state index is -1.99. The van der Waals surface area contributed by atoms with E-state index >= 15 is 0 Å². The third-order valence-electron chi connectivity index (χ3n) is 16.4. The van der Waals surface area contributed by atoms with Gasteiger partial charge in [0.25, 0.3) is 11.8 Å². The summed E-state index contributed by atoms with van der Waals surface area (Å²) in [5.74, 6) is -1.61. The number of aliphatic hydroxyl groups is 2. The molecule has 4 aromatic carbocycles. The Morgan fingerprint density at radius 1 is 0.659 bits per heavy atom. The molecule has 2 aromatic heterocycles. The molecule has 1 aliphatic rings. The second kappa shape index (κ2) is 34.5. The van der Waals surface area contributed by atoms with E-state index in [9.17, 15) is 29.4 Å². The van der Waals surface area contributed by atoms with Crippen LogP contribution in [-0.2, 0) is 53.7 Å². The molecule has 0 saturated carbocycles. The standard InChI is InChI=1S/C33H49NO4Si2.C26H31NO3.C6H15N.C4H5NO3/c1-32(2,3)39(7,8)37-23-27(38-40(9,10)33(4,5)6)19-18-24-14-13-15-25(20-24)31-26(21-30(35)36)22-34-29-17-12-11-16-28(29)31;1-2-3-4-10-22(29)16-21-17-27-25-12-6-5-11-24(25)26(21)20-9-7-8-19(15-20)13-14-23(30)18-28;1-2-3-4-5-6-7;6-3-1-2-4(7)5(3)8/h11-17,20,22,27H,18-19,21,23H2,1-10H3,(H,35,36);5-9,11-12,15,17,23,28,30H,2-4,10,13-14,16,18H2,1H3;2-7H2,1H3;8H,1-2H2.